The van der Waals surface area contributed by atoms with Gasteiger partial charge in [0.25, 0.3) is 5.96 Å². The Balaban J connectivity index is 3.91. The lowest BCUT2D eigenvalue weighted by Crippen LogP contribution is -2.50. The summed E-state index contributed by atoms with van der Waals surface area (Å²) in [6.07, 6.45) is 6.67. The number of quaternary nitrogens is 1. The van der Waals surface area contributed by atoms with E-state index in [1.807, 2.05) is 7.05 Å². The topological polar surface area (TPSA) is 15.6 Å². The van der Waals surface area contributed by atoms with Crippen LogP contribution in [0, 0.1) is 0 Å². The van der Waals surface area contributed by atoms with Crippen molar-refractivity contribution in [2.45, 2.75) is 39.0 Å². The largest absolute Gasteiger partial charge is 0.314 e. The van der Waals surface area contributed by atoms with Crippen LogP contribution in [0.4, 0.5) is 0 Å². The van der Waals surface area contributed by atoms with Crippen LogP contribution in [-0.4, -0.2) is 57.1 Å². The predicted octanol–water partition coefficient (Wildman–Crippen LogP) is 2.58. The second-order valence-corrected chi connectivity index (χ2v) is 5.37. The van der Waals surface area contributed by atoms with Gasteiger partial charge < -0.3 is 4.90 Å². The Morgan fingerprint density at radius 2 is 1.62 bits per heavy atom. The molecule has 16 heavy (non-hydrogen) atoms. The van der Waals surface area contributed by atoms with Gasteiger partial charge in [0.2, 0.25) is 0 Å². The molecule has 3 nitrogen and oxygen atoms in total. The van der Waals surface area contributed by atoms with Crippen molar-refractivity contribution in [3.05, 3.63) is 0 Å². The monoisotopic (exact) mass is 228 g/mol. The van der Waals surface area contributed by atoms with Gasteiger partial charge in [-0.05, 0) is 6.42 Å². The molecule has 0 rings (SSSR count). The minimum absolute atomic E-state index is 0.794. The van der Waals surface area contributed by atoms with Gasteiger partial charge in [-0.25, -0.2) is 4.99 Å². The summed E-state index contributed by atoms with van der Waals surface area (Å²) in [5.41, 5.74) is 0. The Bertz CT molecular complexity index is 204. The second-order valence-electron chi connectivity index (χ2n) is 5.37. The molecular formula is C13H30N3+. The lowest BCUT2D eigenvalue weighted by molar-refractivity contribution is -0.782. The first-order valence-corrected chi connectivity index (χ1v) is 6.43. The van der Waals surface area contributed by atoms with Crippen LogP contribution in [0.1, 0.15) is 39.0 Å². The highest BCUT2D eigenvalue weighted by atomic mass is 15.4. The molecule has 0 radical (unpaired) electrons. The molecule has 0 bridgehead atoms. The minimum Gasteiger partial charge on any atom is -0.314 e. The van der Waals surface area contributed by atoms with Crippen molar-refractivity contribution in [1.29, 1.82) is 0 Å². The highest BCUT2D eigenvalue weighted by molar-refractivity contribution is 5.72. The van der Waals surface area contributed by atoms with E-state index < -0.39 is 0 Å². The zero-order valence-corrected chi connectivity index (χ0v) is 12.1. The van der Waals surface area contributed by atoms with Crippen LogP contribution in [0.15, 0.2) is 4.99 Å². The smallest absolute Gasteiger partial charge is 0.299 e. The van der Waals surface area contributed by atoms with E-state index in [2.05, 4.69) is 45.0 Å². The molecule has 96 valence electrons. The maximum absolute atomic E-state index is 4.39. The molecule has 3 heteroatoms. The van der Waals surface area contributed by atoms with E-state index in [9.17, 15) is 0 Å². The maximum Gasteiger partial charge on any atom is 0.299 e. The van der Waals surface area contributed by atoms with Crippen LogP contribution < -0.4 is 0 Å². The van der Waals surface area contributed by atoms with E-state index in [0.29, 0.717) is 0 Å². The molecule has 0 aromatic heterocycles. The van der Waals surface area contributed by atoms with Crippen LogP contribution in [-0.2, 0) is 0 Å². The third-order valence-corrected chi connectivity index (χ3v) is 2.74. The van der Waals surface area contributed by atoms with E-state index in [1.54, 1.807) is 0 Å². The molecule has 0 unspecified atom stereocenters. The Morgan fingerprint density at radius 1 is 1.06 bits per heavy atom. The van der Waals surface area contributed by atoms with Crippen molar-refractivity contribution in [3.8, 4) is 0 Å². The maximum atomic E-state index is 4.39. The predicted molar refractivity (Wildman–Crippen MR) is 72.8 cm³/mol. The third kappa shape index (κ3) is 6.11. The van der Waals surface area contributed by atoms with Gasteiger partial charge in [-0.15, -0.1) is 0 Å². The molecule has 0 saturated heterocycles. The summed E-state index contributed by atoms with van der Waals surface area (Å²) in [4.78, 5) is 6.67. The number of hydrogen-bond acceptors (Lipinski definition) is 1. The standard InChI is InChI=1S/C13H30N3/c1-7-8-9-10-11-12-15(3)13(14-2)16(4,5)6/h7-12H2,1-6H3/q+1/b14-13+. The summed E-state index contributed by atoms with van der Waals surface area (Å²) in [6, 6.07) is 0. The summed E-state index contributed by atoms with van der Waals surface area (Å²) in [5.74, 6) is 1.15. The van der Waals surface area contributed by atoms with Gasteiger partial charge in [0.1, 0.15) is 0 Å². The summed E-state index contributed by atoms with van der Waals surface area (Å²) >= 11 is 0. The van der Waals surface area contributed by atoms with Gasteiger partial charge in [0.05, 0.1) is 21.1 Å². The van der Waals surface area contributed by atoms with Crippen molar-refractivity contribution in [2.75, 3.05) is 41.8 Å². The highest BCUT2D eigenvalue weighted by Gasteiger charge is 2.21. The fourth-order valence-electron chi connectivity index (χ4n) is 2.04. The molecule has 0 aromatic carbocycles. The van der Waals surface area contributed by atoms with E-state index in [-0.39, 0.29) is 0 Å². The van der Waals surface area contributed by atoms with Crippen LogP contribution >= 0.6 is 0 Å². The van der Waals surface area contributed by atoms with E-state index in [4.69, 9.17) is 0 Å². The van der Waals surface area contributed by atoms with E-state index in [1.165, 1.54) is 32.1 Å². The fourth-order valence-corrected chi connectivity index (χ4v) is 2.04. The second kappa shape index (κ2) is 7.66. The summed E-state index contributed by atoms with van der Waals surface area (Å²) in [6.45, 7) is 3.37. The van der Waals surface area contributed by atoms with Crippen LogP contribution in [0.3, 0.4) is 0 Å². The van der Waals surface area contributed by atoms with Gasteiger partial charge in [-0.3, -0.25) is 4.48 Å². The lowest BCUT2D eigenvalue weighted by Gasteiger charge is -2.30. The van der Waals surface area contributed by atoms with Gasteiger partial charge in [0, 0.05) is 20.6 Å². The van der Waals surface area contributed by atoms with Crippen molar-refractivity contribution in [2.24, 2.45) is 4.99 Å². The molecule has 0 aliphatic carbocycles. The number of unbranched alkanes of at least 4 members (excludes halogenated alkanes) is 4. The molecular weight excluding hydrogens is 198 g/mol. The van der Waals surface area contributed by atoms with Gasteiger partial charge in [-0.2, -0.15) is 0 Å². The van der Waals surface area contributed by atoms with Gasteiger partial charge >= 0.3 is 0 Å². The van der Waals surface area contributed by atoms with E-state index >= 15 is 0 Å². The number of rotatable bonds is 6. The molecule has 0 aromatic rings. The van der Waals surface area contributed by atoms with Crippen molar-refractivity contribution >= 4 is 5.96 Å². The first-order chi connectivity index (χ1) is 7.43. The quantitative estimate of drug-likeness (QED) is 0.295. The summed E-state index contributed by atoms with van der Waals surface area (Å²) < 4.78 is 0.794. The highest BCUT2D eigenvalue weighted by Crippen LogP contribution is 2.06. The zero-order valence-electron chi connectivity index (χ0n) is 12.1. The Hall–Kier alpha value is -0.570. The van der Waals surface area contributed by atoms with Gasteiger partial charge in [-0.1, -0.05) is 32.6 Å². The first-order valence-electron chi connectivity index (χ1n) is 6.43. The molecule has 0 aliphatic heterocycles. The first kappa shape index (κ1) is 15.4. The third-order valence-electron chi connectivity index (χ3n) is 2.74. The number of hydrogen-bond donors (Lipinski definition) is 0. The SMILES string of the molecule is CCCCCCCN(C)/C(=N\C)[N+](C)(C)C. The Morgan fingerprint density at radius 3 is 2.06 bits per heavy atom. The molecule has 0 spiro atoms. The lowest BCUT2D eigenvalue weighted by atomic mass is 10.1. The number of nitrogens with zero attached hydrogens (tertiary/aromatic N) is 3. The van der Waals surface area contributed by atoms with Crippen LogP contribution in [0.2, 0.25) is 0 Å². The summed E-state index contributed by atoms with van der Waals surface area (Å²) in [5, 5.41) is 0. The molecule has 0 atom stereocenters. The molecule has 0 amide bonds. The number of guanidine groups is 1. The Labute approximate surface area is 102 Å². The zero-order chi connectivity index (χ0) is 12.6. The summed E-state index contributed by atoms with van der Waals surface area (Å²) in [7, 11) is 10.5. The van der Waals surface area contributed by atoms with Crippen molar-refractivity contribution in [1.82, 2.24) is 4.90 Å². The van der Waals surface area contributed by atoms with E-state index in [0.717, 1.165) is 17.0 Å². The normalized spacial score (nSPS) is 13.0. The fraction of sp³-hybridized carbons (Fsp3) is 0.923. The average Bonchev–Trinajstić information content (AvgIpc) is 2.16. The van der Waals surface area contributed by atoms with Crippen molar-refractivity contribution in [3.63, 3.8) is 0 Å². The molecule has 0 saturated carbocycles. The molecule has 0 fully saturated rings. The molecule has 0 heterocycles. The average molecular weight is 228 g/mol. The number of aliphatic imine (C=N–C) groups is 1. The minimum atomic E-state index is 0.794. The van der Waals surface area contributed by atoms with Crippen molar-refractivity contribution < 1.29 is 4.48 Å². The molecule has 0 aliphatic rings. The van der Waals surface area contributed by atoms with Crippen LogP contribution in [0.25, 0.3) is 0 Å². The Kier molecular flexibility index (Phi) is 7.39. The molecule has 0 N–H and O–H groups in total. The van der Waals surface area contributed by atoms with Crippen LogP contribution in [0.5, 0.6) is 0 Å². The van der Waals surface area contributed by atoms with Gasteiger partial charge in [0.15, 0.2) is 0 Å².